The molecule has 1 heterocycles. The van der Waals surface area contributed by atoms with E-state index in [9.17, 15) is 9.59 Å². The van der Waals surface area contributed by atoms with Gasteiger partial charge < -0.3 is 10.6 Å². The molecule has 0 unspecified atom stereocenters. The van der Waals surface area contributed by atoms with Crippen molar-refractivity contribution < 1.29 is 9.59 Å². The van der Waals surface area contributed by atoms with E-state index >= 15 is 0 Å². The molecule has 2 amide bonds. The first-order chi connectivity index (χ1) is 15.1. The van der Waals surface area contributed by atoms with E-state index in [2.05, 4.69) is 34.9 Å². The summed E-state index contributed by atoms with van der Waals surface area (Å²) in [5.41, 5.74) is 3.91. The van der Waals surface area contributed by atoms with Gasteiger partial charge in [-0.3, -0.25) is 14.5 Å². The van der Waals surface area contributed by atoms with E-state index in [1.54, 1.807) is 4.90 Å². The van der Waals surface area contributed by atoms with Crippen LogP contribution in [0.4, 0.5) is 17.1 Å². The number of fused-ring (bicyclic) bond motifs is 2. The minimum absolute atomic E-state index is 0.0699. The van der Waals surface area contributed by atoms with Crippen LogP contribution in [0.5, 0.6) is 0 Å². The Morgan fingerprint density at radius 1 is 0.871 bits per heavy atom. The molecule has 1 aliphatic heterocycles. The first kappa shape index (κ1) is 18.9. The van der Waals surface area contributed by atoms with Crippen molar-refractivity contribution in [1.82, 2.24) is 0 Å². The van der Waals surface area contributed by atoms with Gasteiger partial charge in [0.05, 0.1) is 5.56 Å². The number of carbonyl (C=O) groups excluding carboxylic acids is 2. The lowest BCUT2D eigenvalue weighted by Crippen LogP contribution is -2.43. The molecule has 4 aromatic rings. The van der Waals surface area contributed by atoms with Crippen molar-refractivity contribution in [3.63, 3.8) is 0 Å². The zero-order valence-corrected chi connectivity index (χ0v) is 17.0. The second-order valence-electron chi connectivity index (χ2n) is 7.56. The average Bonchev–Trinajstić information content (AvgIpc) is 2.79. The fraction of sp³-hybridized carbons (Fsp3) is 0.0769. The Balaban J connectivity index is 1.65. The maximum atomic E-state index is 13.6. The number of anilines is 3. The normalized spacial score (nSPS) is 15.3. The number of nitrogens with zero attached hydrogens (tertiary/aromatic N) is 1. The van der Waals surface area contributed by atoms with E-state index in [0.29, 0.717) is 11.3 Å². The third-order valence-corrected chi connectivity index (χ3v) is 5.51. The van der Waals surface area contributed by atoms with Gasteiger partial charge >= 0.3 is 0 Å². The van der Waals surface area contributed by atoms with E-state index in [0.717, 1.165) is 27.7 Å². The van der Waals surface area contributed by atoms with Gasteiger partial charge in [-0.1, -0.05) is 54.6 Å². The third-order valence-electron chi connectivity index (χ3n) is 5.51. The van der Waals surface area contributed by atoms with Crippen molar-refractivity contribution in [2.75, 3.05) is 15.5 Å². The average molecular weight is 407 g/mol. The van der Waals surface area contributed by atoms with Gasteiger partial charge in [-0.25, -0.2) is 0 Å². The van der Waals surface area contributed by atoms with Crippen molar-refractivity contribution >= 4 is 39.6 Å². The van der Waals surface area contributed by atoms with Crippen LogP contribution in [-0.4, -0.2) is 11.8 Å². The number of carbonyl (C=O) groups is 2. The van der Waals surface area contributed by atoms with Crippen LogP contribution in [0.3, 0.4) is 0 Å². The van der Waals surface area contributed by atoms with E-state index < -0.39 is 0 Å². The SMILES string of the molecule is CC(=O)Nc1ccc(N2C(=O)c3ccccc3N[C@H]2c2cccc3ccccc23)cc1. The Hall–Kier alpha value is -4.12. The lowest BCUT2D eigenvalue weighted by Gasteiger charge is -2.38. The minimum atomic E-state index is -0.375. The molecule has 152 valence electrons. The van der Waals surface area contributed by atoms with Crippen molar-refractivity contribution in [1.29, 1.82) is 0 Å². The van der Waals surface area contributed by atoms with Gasteiger partial charge in [0.25, 0.3) is 5.91 Å². The number of nitrogens with one attached hydrogen (secondary N) is 2. The molecule has 0 fully saturated rings. The number of benzene rings is 4. The maximum Gasteiger partial charge on any atom is 0.262 e. The monoisotopic (exact) mass is 407 g/mol. The second-order valence-corrected chi connectivity index (χ2v) is 7.56. The highest BCUT2D eigenvalue weighted by Crippen LogP contribution is 2.39. The first-order valence-electron chi connectivity index (χ1n) is 10.2. The van der Waals surface area contributed by atoms with Crippen LogP contribution in [0, 0.1) is 0 Å². The highest BCUT2D eigenvalue weighted by atomic mass is 16.2. The lowest BCUT2D eigenvalue weighted by molar-refractivity contribution is -0.114. The molecule has 0 aromatic heterocycles. The van der Waals surface area contributed by atoms with Gasteiger partial charge in [0.1, 0.15) is 6.17 Å². The van der Waals surface area contributed by atoms with Gasteiger partial charge in [-0.2, -0.15) is 0 Å². The van der Waals surface area contributed by atoms with Gasteiger partial charge in [0, 0.05) is 29.5 Å². The lowest BCUT2D eigenvalue weighted by atomic mass is 9.98. The van der Waals surface area contributed by atoms with Crippen molar-refractivity contribution in [3.8, 4) is 0 Å². The number of amides is 2. The molecule has 1 aliphatic rings. The Bertz CT molecular complexity index is 1290. The highest BCUT2D eigenvalue weighted by molar-refractivity contribution is 6.12. The van der Waals surface area contributed by atoms with Crippen LogP contribution in [0.1, 0.15) is 29.0 Å². The van der Waals surface area contributed by atoms with Gasteiger partial charge in [-0.05, 0) is 47.2 Å². The van der Waals surface area contributed by atoms with Crippen molar-refractivity contribution in [3.05, 3.63) is 102 Å². The molecule has 4 aromatic carbocycles. The fourth-order valence-electron chi connectivity index (χ4n) is 4.14. The summed E-state index contributed by atoms with van der Waals surface area (Å²) >= 11 is 0. The maximum absolute atomic E-state index is 13.6. The van der Waals surface area contributed by atoms with Crippen molar-refractivity contribution in [2.24, 2.45) is 0 Å². The number of hydrogen-bond acceptors (Lipinski definition) is 3. The first-order valence-corrected chi connectivity index (χ1v) is 10.2. The van der Waals surface area contributed by atoms with Crippen LogP contribution in [0.2, 0.25) is 0 Å². The quantitative estimate of drug-likeness (QED) is 0.467. The Kier molecular flexibility index (Phi) is 4.64. The zero-order chi connectivity index (χ0) is 21.4. The molecule has 5 nitrogen and oxygen atoms in total. The predicted molar refractivity (Wildman–Crippen MR) is 124 cm³/mol. The molecule has 0 saturated carbocycles. The fourth-order valence-corrected chi connectivity index (χ4v) is 4.14. The topological polar surface area (TPSA) is 61.4 Å². The Morgan fingerprint density at radius 2 is 1.58 bits per heavy atom. The summed E-state index contributed by atoms with van der Waals surface area (Å²) in [6, 6.07) is 29.2. The molecule has 0 saturated heterocycles. The van der Waals surface area contributed by atoms with E-state index in [-0.39, 0.29) is 18.0 Å². The number of rotatable bonds is 3. The number of hydrogen-bond donors (Lipinski definition) is 2. The minimum Gasteiger partial charge on any atom is -0.360 e. The van der Waals surface area contributed by atoms with Crippen molar-refractivity contribution in [2.45, 2.75) is 13.1 Å². The predicted octanol–water partition coefficient (Wildman–Crippen LogP) is 5.57. The molecule has 0 aliphatic carbocycles. The van der Waals surface area contributed by atoms with Crippen LogP contribution in [0.25, 0.3) is 10.8 Å². The van der Waals surface area contributed by atoms with Gasteiger partial charge in [-0.15, -0.1) is 0 Å². The molecular weight excluding hydrogens is 386 g/mol. The summed E-state index contributed by atoms with van der Waals surface area (Å²) in [6.07, 6.45) is -0.375. The summed E-state index contributed by atoms with van der Waals surface area (Å²) in [5.74, 6) is -0.203. The van der Waals surface area contributed by atoms with Crippen LogP contribution < -0.4 is 15.5 Å². The molecule has 0 bridgehead atoms. The van der Waals surface area contributed by atoms with E-state index in [1.165, 1.54) is 6.92 Å². The summed E-state index contributed by atoms with van der Waals surface area (Å²) in [5, 5.41) is 8.55. The highest BCUT2D eigenvalue weighted by Gasteiger charge is 2.34. The molecular formula is C26H21N3O2. The second kappa shape index (κ2) is 7.61. The molecule has 31 heavy (non-hydrogen) atoms. The van der Waals surface area contributed by atoms with Crippen LogP contribution >= 0.6 is 0 Å². The van der Waals surface area contributed by atoms with Crippen LogP contribution in [-0.2, 0) is 4.79 Å². The zero-order valence-electron chi connectivity index (χ0n) is 17.0. The summed E-state index contributed by atoms with van der Waals surface area (Å²) in [6.45, 7) is 1.47. The van der Waals surface area contributed by atoms with E-state index in [1.807, 2.05) is 66.7 Å². The molecule has 5 heteroatoms. The summed E-state index contributed by atoms with van der Waals surface area (Å²) in [7, 11) is 0. The largest absolute Gasteiger partial charge is 0.360 e. The van der Waals surface area contributed by atoms with Crippen LogP contribution in [0.15, 0.2) is 91.0 Å². The third kappa shape index (κ3) is 3.40. The Labute approximate surface area is 180 Å². The number of para-hydroxylation sites is 1. The smallest absolute Gasteiger partial charge is 0.262 e. The van der Waals surface area contributed by atoms with Gasteiger partial charge in [0.15, 0.2) is 0 Å². The molecule has 5 rings (SSSR count). The van der Waals surface area contributed by atoms with E-state index in [4.69, 9.17) is 0 Å². The Morgan fingerprint density at radius 3 is 2.39 bits per heavy atom. The summed E-state index contributed by atoms with van der Waals surface area (Å²) in [4.78, 5) is 26.8. The molecule has 0 radical (unpaired) electrons. The molecule has 1 atom stereocenters. The van der Waals surface area contributed by atoms with Gasteiger partial charge in [0.2, 0.25) is 5.91 Å². The standard InChI is InChI=1S/C26H21N3O2/c1-17(30)27-19-13-15-20(16-14-19)29-25(28-24-12-5-4-10-23(24)26(29)31)22-11-6-8-18-7-2-3-9-21(18)22/h2-16,25,28H,1H3,(H,27,30)/t25-/m1/s1. The summed E-state index contributed by atoms with van der Waals surface area (Å²) < 4.78 is 0. The molecule has 0 spiro atoms. The molecule has 2 N–H and O–H groups in total.